The van der Waals surface area contributed by atoms with E-state index < -0.39 is 32.9 Å². The summed E-state index contributed by atoms with van der Waals surface area (Å²) in [6.07, 6.45) is 16.8. The number of para-hydroxylation sites is 4. The van der Waals surface area contributed by atoms with Gasteiger partial charge in [0.15, 0.2) is 20.6 Å². The van der Waals surface area contributed by atoms with Crippen molar-refractivity contribution in [2.45, 2.75) is 129 Å². The molecule has 13 heteroatoms. The minimum absolute atomic E-state index is 0. The summed E-state index contributed by atoms with van der Waals surface area (Å²) < 4.78 is 71.2. The fourth-order valence-electron chi connectivity index (χ4n) is 5.91. The number of fused-ring (bicyclic) bond motifs is 2. The van der Waals surface area contributed by atoms with Crippen molar-refractivity contribution in [2.24, 2.45) is 0 Å². The Hall–Kier alpha value is -1.28. The van der Waals surface area contributed by atoms with Crippen LogP contribution >= 0.6 is 0 Å². The number of nitrogens with one attached hydrogen (secondary N) is 2. The van der Waals surface area contributed by atoms with E-state index in [0.29, 0.717) is 24.2 Å². The molecule has 0 aromatic heterocycles. The standard InChI is InChI=1S/2C16H26N2O3S.Ca/c2*1-2-3-4-5-6-7-8-13-16-17-14-11-9-10-12-15(14)18(16)22(19,20)21;/h2*9-12,16-17H,2-8,13H2,1H3,(H,19,20,21);/q;;+2/p-2. The number of rotatable bonds is 18. The van der Waals surface area contributed by atoms with Gasteiger partial charge in [-0.2, -0.15) is 0 Å². The van der Waals surface area contributed by atoms with Crippen molar-refractivity contribution in [3.8, 4) is 0 Å². The van der Waals surface area contributed by atoms with Gasteiger partial charge in [-0.3, -0.25) is 8.61 Å². The molecule has 0 bridgehead atoms. The van der Waals surface area contributed by atoms with Gasteiger partial charge in [0.1, 0.15) is 12.3 Å². The predicted molar refractivity (Wildman–Crippen MR) is 183 cm³/mol. The quantitative estimate of drug-likeness (QED) is 0.0941. The monoisotopic (exact) mass is 690 g/mol. The van der Waals surface area contributed by atoms with E-state index in [0.717, 1.165) is 45.7 Å². The second kappa shape index (κ2) is 20.2. The van der Waals surface area contributed by atoms with Gasteiger partial charge in [-0.1, -0.05) is 115 Å². The zero-order valence-corrected chi connectivity index (χ0v) is 30.8. The summed E-state index contributed by atoms with van der Waals surface area (Å²) in [5, 5.41) is 6.30. The first-order valence-electron chi connectivity index (χ1n) is 16.3. The van der Waals surface area contributed by atoms with Gasteiger partial charge in [0.05, 0.1) is 22.7 Å². The van der Waals surface area contributed by atoms with E-state index in [2.05, 4.69) is 24.5 Å². The average Bonchev–Trinajstić information content (AvgIpc) is 3.55. The van der Waals surface area contributed by atoms with Crippen molar-refractivity contribution in [3.05, 3.63) is 48.5 Å². The van der Waals surface area contributed by atoms with Crippen LogP contribution in [0.4, 0.5) is 22.7 Å². The van der Waals surface area contributed by atoms with Gasteiger partial charge >= 0.3 is 37.7 Å². The molecule has 0 aliphatic carbocycles. The Morgan fingerprint density at radius 1 is 0.556 bits per heavy atom. The topological polar surface area (TPSA) is 145 Å². The van der Waals surface area contributed by atoms with Crippen LogP contribution in [0.3, 0.4) is 0 Å². The summed E-state index contributed by atoms with van der Waals surface area (Å²) in [5.74, 6) is 0. The molecule has 2 aliphatic heterocycles. The molecule has 0 spiro atoms. The van der Waals surface area contributed by atoms with Crippen molar-refractivity contribution < 1.29 is 25.9 Å². The van der Waals surface area contributed by atoms with Crippen LogP contribution in [-0.2, 0) is 20.6 Å². The van der Waals surface area contributed by atoms with Crippen molar-refractivity contribution in [2.75, 3.05) is 19.2 Å². The number of benzene rings is 2. The summed E-state index contributed by atoms with van der Waals surface area (Å²) in [4.78, 5) is 0. The van der Waals surface area contributed by atoms with Crippen molar-refractivity contribution in [1.82, 2.24) is 0 Å². The van der Waals surface area contributed by atoms with Gasteiger partial charge in [0, 0.05) is 0 Å². The predicted octanol–water partition coefficient (Wildman–Crippen LogP) is 7.31. The number of anilines is 4. The maximum absolute atomic E-state index is 11.5. The Bertz CT molecular complexity index is 1260. The maximum atomic E-state index is 11.5. The molecule has 0 saturated heterocycles. The van der Waals surface area contributed by atoms with Crippen LogP contribution < -0.4 is 19.2 Å². The molecule has 0 amide bonds. The first-order chi connectivity index (χ1) is 21.1. The fraction of sp³-hybridized carbons (Fsp3) is 0.625. The minimum atomic E-state index is -4.50. The number of nitrogens with zero attached hydrogens (tertiary/aromatic N) is 2. The molecular formula is C32H50CaN4O6S2. The molecule has 2 aliphatic rings. The Morgan fingerprint density at radius 2 is 0.867 bits per heavy atom. The second-order valence-corrected chi connectivity index (χ2v) is 14.2. The second-order valence-electron chi connectivity index (χ2n) is 11.7. The average molecular weight is 691 g/mol. The van der Waals surface area contributed by atoms with E-state index in [1.165, 1.54) is 64.2 Å². The first kappa shape index (κ1) is 39.9. The molecule has 2 N–H and O–H groups in total. The van der Waals surface area contributed by atoms with Gasteiger partial charge in [-0.15, -0.1) is 0 Å². The molecule has 45 heavy (non-hydrogen) atoms. The Kier molecular flexibility index (Phi) is 17.9. The van der Waals surface area contributed by atoms with Crippen LogP contribution in [0.25, 0.3) is 0 Å². The van der Waals surface area contributed by atoms with Gasteiger partial charge < -0.3 is 19.7 Å². The van der Waals surface area contributed by atoms with Crippen LogP contribution in [-0.4, -0.2) is 76.0 Å². The third kappa shape index (κ3) is 12.7. The van der Waals surface area contributed by atoms with Gasteiger partial charge in [0.2, 0.25) is 0 Å². The molecule has 2 unspecified atom stereocenters. The van der Waals surface area contributed by atoms with Gasteiger partial charge in [-0.25, -0.2) is 16.8 Å². The Labute approximate surface area is 301 Å². The third-order valence-corrected chi connectivity index (χ3v) is 10.0. The minimum Gasteiger partial charge on any atom is -0.731 e. The van der Waals surface area contributed by atoms with Crippen LogP contribution in [0.5, 0.6) is 0 Å². The largest absolute Gasteiger partial charge is 2.00 e. The van der Waals surface area contributed by atoms with E-state index in [1.807, 2.05) is 12.1 Å². The molecule has 2 aromatic carbocycles. The summed E-state index contributed by atoms with van der Waals surface area (Å²) in [7, 11) is -9.00. The third-order valence-electron chi connectivity index (χ3n) is 8.14. The SMILES string of the molecule is CCCCCCCCCC1Nc2ccccc2N1S(=O)(=O)[O-].CCCCCCCCCC1Nc2ccccc2N1S(=O)(=O)[O-].[Ca+2]. The Morgan fingerprint density at radius 3 is 1.20 bits per heavy atom. The van der Waals surface area contributed by atoms with E-state index in [-0.39, 0.29) is 37.7 Å². The number of unbranched alkanes of at least 4 members (excludes halogenated alkanes) is 12. The molecule has 10 nitrogen and oxygen atoms in total. The zero-order chi connectivity index (χ0) is 32.0. The number of hydrogen-bond donors (Lipinski definition) is 2. The summed E-state index contributed by atoms with van der Waals surface area (Å²) >= 11 is 0. The molecule has 2 atom stereocenters. The molecule has 2 heterocycles. The number of hydrogen-bond acceptors (Lipinski definition) is 8. The summed E-state index contributed by atoms with van der Waals surface area (Å²) in [6, 6.07) is 14.1. The maximum Gasteiger partial charge on any atom is 2.00 e. The van der Waals surface area contributed by atoms with Crippen LogP contribution in [0.2, 0.25) is 0 Å². The smallest absolute Gasteiger partial charge is 0.731 e. The molecule has 2 aromatic rings. The van der Waals surface area contributed by atoms with Gasteiger partial charge in [0.25, 0.3) is 0 Å². The fourth-order valence-corrected chi connectivity index (χ4v) is 7.65. The van der Waals surface area contributed by atoms with E-state index in [1.54, 1.807) is 36.4 Å². The summed E-state index contributed by atoms with van der Waals surface area (Å²) in [6.45, 7) is 4.39. The normalized spacial score (nSPS) is 17.0. The van der Waals surface area contributed by atoms with Crippen LogP contribution in [0.15, 0.2) is 48.5 Å². The van der Waals surface area contributed by atoms with E-state index in [4.69, 9.17) is 0 Å². The first-order valence-corrected chi connectivity index (χ1v) is 19.0. The molecule has 248 valence electrons. The van der Waals surface area contributed by atoms with Crippen molar-refractivity contribution in [3.63, 3.8) is 0 Å². The van der Waals surface area contributed by atoms with E-state index in [9.17, 15) is 25.9 Å². The van der Waals surface area contributed by atoms with Gasteiger partial charge in [-0.05, 0) is 49.9 Å². The molecule has 4 rings (SSSR count). The zero-order valence-electron chi connectivity index (χ0n) is 27.0. The molecular weight excluding hydrogens is 641 g/mol. The molecule has 0 fully saturated rings. The summed E-state index contributed by atoms with van der Waals surface area (Å²) in [5.41, 5.74) is 2.36. The van der Waals surface area contributed by atoms with E-state index >= 15 is 0 Å². The van der Waals surface area contributed by atoms with Crippen molar-refractivity contribution >= 4 is 81.1 Å². The van der Waals surface area contributed by atoms with Crippen LogP contribution in [0.1, 0.15) is 117 Å². The molecule has 0 radical (unpaired) electrons. The van der Waals surface area contributed by atoms with Crippen molar-refractivity contribution in [1.29, 1.82) is 0 Å². The Balaban J connectivity index is 0.000000307. The molecule has 0 saturated carbocycles. The van der Waals surface area contributed by atoms with Crippen LogP contribution in [0, 0.1) is 0 Å².